The molecule has 1 aliphatic rings. The summed E-state index contributed by atoms with van der Waals surface area (Å²) >= 11 is 0.886. The number of methoxy groups -OCH3 is 2. The van der Waals surface area contributed by atoms with E-state index >= 15 is 0 Å². The first-order valence-electron chi connectivity index (χ1n) is 9.20. The molecule has 0 spiro atoms. The van der Waals surface area contributed by atoms with Gasteiger partial charge in [-0.3, -0.25) is 14.5 Å². The Kier molecular flexibility index (Phi) is 6.79. The van der Waals surface area contributed by atoms with E-state index < -0.39 is 5.97 Å². The van der Waals surface area contributed by atoms with Crippen molar-refractivity contribution in [2.24, 2.45) is 0 Å². The second-order valence-corrected chi connectivity index (χ2v) is 7.29. The van der Waals surface area contributed by atoms with Gasteiger partial charge in [-0.25, -0.2) is 4.79 Å². The third-order valence-electron chi connectivity index (χ3n) is 4.38. The Morgan fingerprint density at radius 1 is 1.03 bits per heavy atom. The number of amides is 2. The van der Waals surface area contributed by atoms with Crippen LogP contribution in [0, 0.1) is 0 Å². The fourth-order valence-corrected chi connectivity index (χ4v) is 3.71. The highest BCUT2D eigenvalue weighted by molar-refractivity contribution is 8.18. The van der Waals surface area contributed by atoms with Gasteiger partial charge in [-0.15, -0.1) is 0 Å². The van der Waals surface area contributed by atoms with Crippen molar-refractivity contribution in [3.05, 3.63) is 64.1 Å². The summed E-state index contributed by atoms with van der Waals surface area (Å²) in [4.78, 5) is 38.4. The monoisotopic (exact) mass is 427 g/mol. The Labute approximate surface area is 178 Å². The number of ether oxygens (including phenoxy) is 3. The lowest BCUT2D eigenvalue weighted by Gasteiger charge is -2.12. The summed E-state index contributed by atoms with van der Waals surface area (Å²) in [6, 6.07) is 11.9. The SMILES string of the molecule is CCOC(=O)c1ccc(CN2C(=O)S/C(=C\c3ccc(OC)c(OC)c3)C2=O)cc1. The van der Waals surface area contributed by atoms with Crippen molar-refractivity contribution in [1.29, 1.82) is 0 Å². The van der Waals surface area contributed by atoms with Crippen LogP contribution in [0.25, 0.3) is 6.08 Å². The molecule has 1 aliphatic heterocycles. The molecule has 30 heavy (non-hydrogen) atoms. The van der Waals surface area contributed by atoms with Crippen molar-refractivity contribution in [3.63, 3.8) is 0 Å². The van der Waals surface area contributed by atoms with Crippen molar-refractivity contribution >= 4 is 35.0 Å². The fraction of sp³-hybridized carbons (Fsp3) is 0.227. The molecular weight excluding hydrogens is 406 g/mol. The maximum atomic E-state index is 12.7. The highest BCUT2D eigenvalue weighted by atomic mass is 32.2. The van der Waals surface area contributed by atoms with Crippen molar-refractivity contribution in [1.82, 2.24) is 4.90 Å². The van der Waals surface area contributed by atoms with Crippen LogP contribution >= 0.6 is 11.8 Å². The first kappa shape index (κ1) is 21.4. The molecule has 0 bridgehead atoms. The number of carbonyl (C=O) groups excluding carboxylic acids is 3. The van der Waals surface area contributed by atoms with E-state index in [9.17, 15) is 14.4 Å². The van der Waals surface area contributed by atoms with Crippen molar-refractivity contribution in [2.75, 3.05) is 20.8 Å². The Hall–Kier alpha value is -3.26. The van der Waals surface area contributed by atoms with Crippen LogP contribution in [0.3, 0.4) is 0 Å². The van der Waals surface area contributed by atoms with Crippen LogP contribution in [-0.2, 0) is 16.1 Å². The van der Waals surface area contributed by atoms with Gasteiger partial charge < -0.3 is 14.2 Å². The number of nitrogens with zero attached hydrogens (tertiary/aromatic N) is 1. The zero-order valence-corrected chi connectivity index (χ0v) is 17.7. The normalized spacial score (nSPS) is 14.9. The number of carbonyl (C=O) groups is 3. The van der Waals surface area contributed by atoms with E-state index in [1.807, 2.05) is 0 Å². The molecule has 1 heterocycles. The molecular formula is C22H21NO6S. The van der Waals surface area contributed by atoms with Gasteiger partial charge in [0, 0.05) is 0 Å². The molecule has 1 fully saturated rings. The minimum Gasteiger partial charge on any atom is -0.493 e. The van der Waals surface area contributed by atoms with Crippen LogP contribution in [0.4, 0.5) is 4.79 Å². The van der Waals surface area contributed by atoms with E-state index in [-0.39, 0.29) is 17.7 Å². The van der Waals surface area contributed by atoms with Gasteiger partial charge in [0.05, 0.1) is 37.8 Å². The van der Waals surface area contributed by atoms with Gasteiger partial charge in [0.2, 0.25) is 0 Å². The standard InChI is InChI=1S/C22H21NO6S/c1-4-29-21(25)16-8-5-14(6-9-16)13-23-20(24)19(30-22(23)26)12-15-7-10-17(27-2)18(11-15)28-3/h5-12H,4,13H2,1-3H3/b19-12-. The molecule has 8 heteroatoms. The van der Waals surface area contributed by atoms with Crippen LogP contribution in [0.15, 0.2) is 47.4 Å². The second kappa shape index (κ2) is 9.49. The molecule has 1 saturated heterocycles. The van der Waals surface area contributed by atoms with Gasteiger partial charge >= 0.3 is 5.97 Å². The molecule has 7 nitrogen and oxygen atoms in total. The van der Waals surface area contributed by atoms with Gasteiger partial charge in [0.15, 0.2) is 11.5 Å². The Morgan fingerprint density at radius 3 is 2.37 bits per heavy atom. The van der Waals surface area contributed by atoms with E-state index in [1.165, 1.54) is 12.0 Å². The minimum absolute atomic E-state index is 0.122. The largest absolute Gasteiger partial charge is 0.493 e. The van der Waals surface area contributed by atoms with E-state index in [4.69, 9.17) is 14.2 Å². The maximum absolute atomic E-state index is 12.7. The lowest BCUT2D eigenvalue weighted by molar-refractivity contribution is -0.123. The number of hydrogen-bond acceptors (Lipinski definition) is 7. The van der Waals surface area contributed by atoms with E-state index in [2.05, 4.69) is 0 Å². The maximum Gasteiger partial charge on any atom is 0.338 e. The van der Waals surface area contributed by atoms with Gasteiger partial charge in [0.1, 0.15) is 0 Å². The molecule has 0 unspecified atom stereocenters. The number of thioether (sulfide) groups is 1. The van der Waals surface area contributed by atoms with Crippen molar-refractivity contribution in [3.8, 4) is 11.5 Å². The number of imide groups is 1. The highest BCUT2D eigenvalue weighted by Crippen LogP contribution is 2.35. The quantitative estimate of drug-likeness (QED) is 0.486. The minimum atomic E-state index is -0.409. The van der Waals surface area contributed by atoms with Gasteiger partial charge in [-0.2, -0.15) is 0 Å². The van der Waals surface area contributed by atoms with Gasteiger partial charge in [0.25, 0.3) is 11.1 Å². The Bertz CT molecular complexity index is 999. The number of hydrogen-bond donors (Lipinski definition) is 0. The molecule has 2 amide bonds. The van der Waals surface area contributed by atoms with Crippen LogP contribution in [-0.4, -0.2) is 42.8 Å². The van der Waals surface area contributed by atoms with Crippen LogP contribution < -0.4 is 9.47 Å². The summed E-state index contributed by atoms with van der Waals surface area (Å²) in [6.45, 7) is 2.16. The molecule has 0 radical (unpaired) electrons. The van der Waals surface area contributed by atoms with Crippen LogP contribution in [0.1, 0.15) is 28.4 Å². The molecule has 156 valence electrons. The topological polar surface area (TPSA) is 82.1 Å². The molecule has 3 rings (SSSR count). The van der Waals surface area contributed by atoms with Crippen molar-refractivity contribution < 1.29 is 28.6 Å². The second-order valence-electron chi connectivity index (χ2n) is 6.30. The average Bonchev–Trinajstić information content (AvgIpc) is 3.01. The zero-order valence-electron chi connectivity index (χ0n) is 16.8. The predicted octanol–water partition coefficient (Wildman–Crippen LogP) is 4.12. The predicted molar refractivity (Wildman–Crippen MR) is 113 cm³/mol. The number of esters is 1. The first-order valence-corrected chi connectivity index (χ1v) is 10.0. The number of rotatable bonds is 7. The Balaban J connectivity index is 1.75. The van der Waals surface area contributed by atoms with E-state index in [0.717, 1.165) is 22.9 Å². The summed E-state index contributed by atoms with van der Waals surface area (Å²) in [7, 11) is 3.07. The van der Waals surface area contributed by atoms with E-state index in [0.29, 0.717) is 28.6 Å². The summed E-state index contributed by atoms with van der Waals surface area (Å²) in [6.07, 6.45) is 1.65. The Morgan fingerprint density at radius 2 is 1.73 bits per heavy atom. The third-order valence-corrected chi connectivity index (χ3v) is 5.29. The number of benzene rings is 2. The zero-order chi connectivity index (χ0) is 21.7. The van der Waals surface area contributed by atoms with Crippen LogP contribution in [0.2, 0.25) is 0 Å². The van der Waals surface area contributed by atoms with Gasteiger partial charge in [-0.05, 0) is 60.2 Å². The first-order chi connectivity index (χ1) is 14.5. The molecule has 0 atom stereocenters. The molecule has 0 N–H and O–H groups in total. The molecule has 2 aromatic carbocycles. The highest BCUT2D eigenvalue weighted by Gasteiger charge is 2.35. The molecule has 2 aromatic rings. The summed E-state index contributed by atoms with van der Waals surface area (Å²) in [5, 5.41) is -0.346. The van der Waals surface area contributed by atoms with Crippen molar-refractivity contribution in [2.45, 2.75) is 13.5 Å². The molecule has 0 aliphatic carbocycles. The van der Waals surface area contributed by atoms with Gasteiger partial charge in [-0.1, -0.05) is 18.2 Å². The lowest BCUT2D eigenvalue weighted by atomic mass is 10.1. The summed E-state index contributed by atoms with van der Waals surface area (Å²) < 4.78 is 15.4. The average molecular weight is 427 g/mol. The van der Waals surface area contributed by atoms with E-state index in [1.54, 1.807) is 62.6 Å². The summed E-state index contributed by atoms with van der Waals surface area (Å²) in [5.74, 6) is 0.337. The fourth-order valence-electron chi connectivity index (χ4n) is 2.87. The third kappa shape index (κ3) is 4.65. The summed E-state index contributed by atoms with van der Waals surface area (Å²) in [5.41, 5.74) is 1.87. The molecule has 0 saturated carbocycles. The lowest BCUT2D eigenvalue weighted by Crippen LogP contribution is -2.27. The van der Waals surface area contributed by atoms with Crippen LogP contribution in [0.5, 0.6) is 11.5 Å². The smallest absolute Gasteiger partial charge is 0.338 e. The molecule has 0 aromatic heterocycles.